The number of amides is 1. The summed E-state index contributed by atoms with van der Waals surface area (Å²) in [5.41, 5.74) is -0.937. The Balaban J connectivity index is 2.74. The number of hydrogen-bond donors (Lipinski definition) is 2. The average molecular weight is 243 g/mol. The van der Waals surface area contributed by atoms with Crippen molar-refractivity contribution in [1.82, 2.24) is 0 Å². The predicted octanol–water partition coefficient (Wildman–Crippen LogP) is 1.81. The quantitative estimate of drug-likeness (QED) is 0.845. The zero-order valence-electron chi connectivity index (χ0n) is 9.23. The first-order valence-electron chi connectivity index (χ1n) is 4.56. The Hall–Kier alpha value is -1.40. The number of aromatic carboxylic acids is 1. The van der Waals surface area contributed by atoms with Crippen LogP contribution in [0.2, 0.25) is 0 Å². The van der Waals surface area contributed by atoms with Gasteiger partial charge in [-0.15, -0.1) is 11.3 Å². The maximum Gasteiger partial charge on any atom is 0.345 e. The van der Waals surface area contributed by atoms with Crippen molar-refractivity contribution < 1.29 is 19.4 Å². The standard InChI is InChI=1S/C10H13NO4S/c1-10(2,15-3)9(14)11-7-5-4-6(16-7)8(12)13/h4-5H,1-3H3,(H,11,14)(H,12,13). The number of anilines is 1. The van der Waals surface area contributed by atoms with Crippen molar-refractivity contribution in [2.45, 2.75) is 19.4 Å². The first-order valence-corrected chi connectivity index (χ1v) is 5.38. The molecule has 5 nitrogen and oxygen atoms in total. The molecule has 0 aliphatic heterocycles. The maximum absolute atomic E-state index is 11.7. The fourth-order valence-corrected chi connectivity index (χ4v) is 1.62. The van der Waals surface area contributed by atoms with E-state index in [9.17, 15) is 9.59 Å². The summed E-state index contributed by atoms with van der Waals surface area (Å²) in [6.07, 6.45) is 0. The van der Waals surface area contributed by atoms with Gasteiger partial charge < -0.3 is 15.2 Å². The van der Waals surface area contributed by atoms with Gasteiger partial charge in [0.05, 0.1) is 5.00 Å². The molecule has 1 amide bonds. The van der Waals surface area contributed by atoms with Crippen LogP contribution in [-0.4, -0.2) is 29.7 Å². The summed E-state index contributed by atoms with van der Waals surface area (Å²) in [4.78, 5) is 22.5. The molecular formula is C10H13NO4S. The van der Waals surface area contributed by atoms with Crippen LogP contribution in [0.15, 0.2) is 12.1 Å². The Bertz CT molecular complexity index is 411. The van der Waals surface area contributed by atoms with E-state index in [1.165, 1.54) is 13.2 Å². The van der Waals surface area contributed by atoms with Gasteiger partial charge in [-0.1, -0.05) is 0 Å². The molecule has 1 rings (SSSR count). The minimum absolute atomic E-state index is 0.186. The molecule has 0 saturated heterocycles. The van der Waals surface area contributed by atoms with E-state index in [-0.39, 0.29) is 10.8 Å². The minimum atomic E-state index is -1.00. The third kappa shape index (κ3) is 2.80. The van der Waals surface area contributed by atoms with Crippen LogP contribution in [-0.2, 0) is 9.53 Å². The highest BCUT2D eigenvalue weighted by Crippen LogP contribution is 2.23. The zero-order chi connectivity index (χ0) is 12.3. The molecule has 88 valence electrons. The number of nitrogens with one attached hydrogen (secondary N) is 1. The van der Waals surface area contributed by atoms with E-state index in [1.807, 2.05) is 0 Å². The van der Waals surface area contributed by atoms with E-state index in [4.69, 9.17) is 9.84 Å². The molecule has 0 bridgehead atoms. The smallest absolute Gasteiger partial charge is 0.345 e. The van der Waals surface area contributed by atoms with E-state index in [0.717, 1.165) is 11.3 Å². The third-order valence-electron chi connectivity index (χ3n) is 2.11. The number of thiophene rings is 1. The van der Waals surface area contributed by atoms with Gasteiger partial charge in [0.1, 0.15) is 10.5 Å². The van der Waals surface area contributed by atoms with Crippen LogP contribution < -0.4 is 5.32 Å². The summed E-state index contributed by atoms with van der Waals surface area (Å²) in [6, 6.07) is 3.00. The number of rotatable bonds is 4. The largest absolute Gasteiger partial charge is 0.477 e. The number of ether oxygens (including phenoxy) is 1. The monoisotopic (exact) mass is 243 g/mol. The first kappa shape index (κ1) is 12.7. The van der Waals surface area contributed by atoms with E-state index in [2.05, 4.69) is 5.32 Å². The fourth-order valence-electron chi connectivity index (χ4n) is 0.875. The van der Waals surface area contributed by atoms with Gasteiger partial charge in [0.2, 0.25) is 0 Å². The number of methoxy groups -OCH3 is 1. The second-order valence-corrected chi connectivity index (χ2v) is 4.72. The summed E-state index contributed by atoms with van der Waals surface area (Å²) in [6.45, 7) is 3.27. The summed E-state index contributed by atoms with van der Waals surface area (Å²) in [5.74, 6) is -1.31. The lowest BCUT2D eigenvalue weighted by molar-refractivity contribution is -0.133. The lowest BCUT2D eigenvalue weighted by atomic mass is 10.1. The van der Waals surface area contributed by atoms with Crippen LogP contribution in [0.3, 0.4) is 0 Å². The fraction of sp³-hybridized carbons (Fsp3) is 0.400. The van der Waals surface area contributed by atoms with E-state index >= 15 is 0 Å². The minimum Gasteiger partial charge on any atom is -0.477 e. The van der Waals surface area contributed by atoms with Crippen LogP contribution in [0, 0.1) is 0 Å². The predicted molar refractivity (Wildman–Crippen MR) is 61.0 cm³/mol. The van der Waals surface area contributed by atoms with Crippen molar-refractivity contribution in [2.24, 2.45) is 0 Å². The molecule has 1 heterocycles. The molecule has 6 heteroatoms. The van der Waals surface area contributed by atoms with Crippen LogP contribution >= 0.6 is 11.3 Å². The molecule has 0 unspecified atom stereocenters. The van der Waals surface area contributed by atoms with E-state index in [0.29, 0.717) is 5.00 Å². The van der Waals surface area contributed by atoms with Crippen molar-refractivity contribution in [3.05, 3.63) is 17.0 Å². The Kier molecular flexibility index (Phi) is 3.66. The van der Waals surface area contributed by atoms with Crippen molar-refractivity contribution in [2.75, 3.05) is 12.4 Å². The third-order valence-corrected chi connectivity index (χ3v) is 3.10. The van der Waals surface area contributed by atoms with Gasteiger partial charge in [0.25, 0.3) is 5.91 Å². The topological polar surface area (TPSA) is 75.6 Å². The summed E-state index contributed by atoms with van der Waals surface area (Å²) in [7, 11) is 1.44. The van der Waals surface area contributed by atoms with Gasteiger partial charge >= 0.3 is 5.97 Å². The number of carboxylic acids is 1. The number of carbonyl (C=O) groups excluding carboxylic acids is 1. The van der Waals surface area contributed by atoms with Crippen LogP contribution in [0.1, 0.15) is 23.5 Å². The Morgan fingerprint density at radius 2 is 2.06 bits per heavy atom. The van der Waals surface area contributed by atoms with Crippen LogP contribution in [0.5, 0.6) is 0 Å². The van der Waals surface area contributed by atoms with Gasteiger partial charge in [0.15, 0.2) is 0 Å². The molecule has 2 N–H and O–H groups in total. The number of carbonyl (C=O) groups is 2. The molecule has 1 aromatic rings. The van der Waals surface area contributed by atoms with Crippen LogP contribution in [0.25, 0.3) is 0 Å². The Morgan fingerprint density at radius 3 is 2.50 bits per heavy atom. The van der Waals surface area contributed by atoms with Crippen LogP contribution in [0.4, 0.5) is 5.00 Å². The van der Waals surface area contributed by atoms with Crippen molar-refractivity contribution in [3.8, 4) is 0 Å². The Morgan fingerprint density at radius 1 is 1.44 bits per heavy atom. The Labute approximate surface area is 97.0 Å². The second kappa shape index (κ2) is 4.63. The normalized spacial score (nSPS) is 11.2. The zero-order valence-corrected chi connectivity index (χ0v) is 10.1. The molecule has 0 aliphatic rings. The van der Waals surface area contributed by atoms with Crippen molar-refractivity contribution in [3.63, 3.8) is 0 Å². The summed E-state index contributed by atoms with van der Waals surface area (Å²) in [5, 5.41) is 11.8. The van der Waals surface area contributed by atoms with Gasteiger partial charge in [-0.2, -0.15) is 0 Å². The molecule has 0 spiro atoms. The van der Waals surface area contributed by atoms with Crippen molar-refractivity contribution >= 4 is 28.2 Å². The molecule has 0 atom stereocenters. The molecule has 0 aromatic carbocycles. The SMILES string of the molecule is COC(C)(C)C(=O)Nc1ccc(C(=O)O)s1. The van der Waals surface area contributed by atoms with Gasteiger partial charge in [-0.25, -0.2) is 4.79 Å². The van der Waals surface area contributed by atoms with Gasteiger partial charge in [-0.05, 0) is 26.0 Å². The molecule has 0 fully saturated rings. The molecule has 0 saturated carbocycles. The molecular weight excluding hydrogens is 230 g/mol. The molecule has 0 aliphatic carbocycles. The summed E-state index contributed by atoms with van der Waals surface area (Å²) < 4.78 is 5.00. The molecule has 16 heavy (non-hydrogen) atoms. The average Bonchev–Trinajstić information content (AvgIpc) is 2.66. The molecule has 0 radical (unpaired) electrons. The highest BCUT2D eigenvalue weighted by atomic mass is 32.1. The lowest BCUT2D eigenvalue weighted by Crippen LogP contribution is -2.38. The number of hydrogen-bond acceptors (Lipinski definition) is 4. The van der Waals surface area contributed by atoms with Crippen molar-refractivity contribution in [1.29, 1.82) is 0 Å². The lowest BCUT2D eigenvalue weighted by Gasteiger charge is -2.20. The van der Waals surface area contributed by atoms with Gasteiger partial charge in [-0.3, -0.25) is 4.79 Å². The highest BCUT2D eigenvalue weighted by Gasteiger charge is 2.27. The van der Waals surface area contributed by atoms with E-state index < -0.39 is 11.6 Å². The van der Waals surface area contributed by atoms with E-state index in [1.54, 1.807) is 19.9 Å². The second-order valence-electron chi connectivity index (χ2n) is 3.64. The first-order chi connectivity index (χ1) is 7.36. The summed E-state index contributed by atoms with van der Waals surface area (Å²) >= 11 is 1.01. The number of carboxylic acid groups (broad SMARTS) is 1. The maximum atomic E-state index is 11.7. The molecule has 1 aromatic heterocycles. The van der Waals surface area contributed by atoms with Gasteiger partial charge in [0, 0.05) is 7.11 Å². The highest BCUT2D eigenvalue weighted by molar-refractivity contribution is 7.18.